The summed E-state index contributed by atoms with van der Waals surface area (Å²) in [6.07, 6.45) is -66.8. The van der Waals surface area contributed by atoms with Crippen LogP contribution >= 0.6 is 0 Å². The van der Waals surface area contributed by atoms with Gasteiger partial charge in [0.2, 0.25) is 23.6 Å². The van der Waals surface area contributed by atoms with E-state index < -0.39 is 302 Å². The van der Waals surface area contributed by atoms with Crippen LogP contribution in [-0.4, -0.2) is 399 Å². The van der Waals surface area contributed by atoms with Gasteiger partial charge in [-0.25, -0.2) is 0 Å². The van der Waals surface area contributed by atoms with Gasteiger partial charge in [0, 0.05) is 27.7 Å². The quantitative estimate of drug-likeness (QED) is 0.0452. The highest BCUT2D eigenvalue weighted by molar-refractivity contribution is 5.74. The van der Waals surface area contributed by atoms with Gasteiger partial charge in [-0.3, -0.25) is 19.2 Å². The van der Waals surface area contributed by atoms with Gasteiger partial charge in [0.1, 0.15) is 177 Å². The summed E-state index contributed by atoms with van der Waals surface area (Å²) in [4.78, 5) is 51.7. The Hall–Kier alpha value is -3.48. The first-order valence-electron chi connectivity index (χ1n) is 31.7. The predicted octanol–water partition coefficient (Wildman–Crippen LogP) is -14.8. The second-order valence-electron chi connectivity index (χ2n) is 25.3. The summed E-state index contributed by atoms with van der Waals surface area (Å²) in [6.45, 7) is 2.84. The maximum atomic E-state index is 13.3. The predicted molar refractivity (Wildman–Crippen MR) is 307 cm³/mol. The minimum absolute atomic E-state index is 0.816. The smallest absolute Gasteiger partial charge is 0.217 e. The molecule has 0 spiro atoms. The number of nitrogens with one attached hydrogen (secondary N) is 4. The summed E-state index contributed by atoms with van der Waals surface area (Å²) in [5.74, 6) is -3.41. The summed E-state index contributed by atoms with van der Waals surface area (Å²) < 4.78 is 89.5. The molecule has 98 heavy (non-hydrogen) atoms. The van der Waals surface area contributed by atoms with Crippen LogP contribution in [0.5, 0.6) is 0 Å². The van der Waals surface area contributed by atoms with E-state index in [0.717, 1.165) is 27.7 Å². The lowest BCUT2D eigenvalue weighted by atomic mass is 9.93. The zero-order chi connectivity index (χ0) is 72.4. The van der Waals surface area contributed by atoms with Crippen LogP contribution in [0.4, 0.5) is 0 Å². The SMILES string of the molecule is CC(=O)N[C@@H]1[C@@H](O[C@@H]2O[C@H](CO)[C@H](O[C@@H]3O[C@H](CO)[C@H](O)[C@H](O[C@@H]4O[C@@H](C)[C@@H](O)[C@@H](O)[C@@H]4O)[C@H]3NC(C)=O)[C@H](O)[C@H]2O)[C@@H](O)[C@@H](CO[C@@H]2O[C@H](CO)[C@@H](O[C@@H]3O[C@H](CO)[C@H](O)[C@H](O[C@@H]4O[C@@H](C)[C@@H](O)[C@@H](O)[C@@H]4O)[C@H]3NC(C)=O)[C@H](O[C@@H]3O[C@@H](C)[C@@H](O)[C@@H](O)[C@@H]3O)[C@H]2NC(C)=O)O[C@@H]1O. The number of amides is 4. The van der Waals surface area contributed by atoms with Crippen molar-refractivity contribution in [3.8, 4) is 0 Å². The standard InChI is InChI=1S/C56H94N4O38/c1-13-29(69)35(75)39(79)53(85-13)96-46-26(58-17(5)66)51(89-20(8-61)32(46)72)93-43-22(10-63)92-56(42(82)38(43)78)95-45-25(57-16(4)65)49(83)88-24(34(45)74)12-84-50-28(60-19(7)68)48(98-55-41(81)37(77)31(71)15(3)87-55)44(23(11-64)91-50)94-52-27(59-18(6)67)47(33(73)21(9-62)90-52)97-54-40(80)36(76)30(70)14(2)86-54/h13-15,20-56,61-64,69-83H,8-12H2,1-7H3,(H,57,65)(H,58,66)(H,59,67)(H,60,68)/t13-,14-,15-,20+,21+,22+,23+,24+,25+,26+,27+,28+,29+,30+,31+,32-,33-,34-,35+,36+,37+,38+,39-,40-,41-,42+,43-,44+,45+,46+,47+,48+,49-,50+,51-,52-,53-,54-,55-,56-/m0/s1. The van der Waals surface area contributed by atoms with Gasteiger partial charge in [-0.1, -0.05) is 0 Å². The van der Waals surface area contributed by atoms with E-state index in [1.807, 2.05) is 0 Å². The third-order valence-electron chi connectivity index (χ3n) is 18.1. The molecular weight excluding hydrogens is 1340 g/mol. The van der Waals surface area contributed by atoms with E-state index in [2.05, 4.69) is 21.3 Å². The molecular formula is C56H94N4O38. The van der Waals surface area contributed by atoms with Crippen molar-refractivity contribution in [1.29, 1.82) is 0 Å². The molecule has 8 heterocycles. The third-order valence-corrected chi connectivity index (χ3v) is 18.1. The van der Waals surface area contributed by atoms with Gasteiger partial charge in [0.05, 0.1) is 51.3 Å². The first-order valence-corrected chi connectivity index (χ1v) is 31.7. The molecule has 0 unspecified atom stereocenters. The molecule has 0 radical (unpaired) electrons. The van der Waals surface area contributed by atoms with Crippen LogP contribution in [-0.2, 0) is 90.2 Å². The van der Waals surface area contributed by atoms with E-state index in [1.165, 1.54) is 20.8 Å². The molecule has 4 amide bonds. The monoisotopic (exact) mass is 1430 g/mol. The van der Waals surface area contributed by atoms with Gasteiger partial charge >= 0.3 is 0 Å². The van der Waals surface area contributed by atoms with Crippen LogP contribution in [0.3, 0.4) is 0 Å². The number of ether oxygens (including phenoxy) is 15. The van der Waals surface area contributed by atoms with Crippen molar-refractivity contribution < 1.29 is 187 Å². The first-order chi connectivity index (χ1) is 46.2. The molecule has 42 heteroatoms. The number of hydrogen-bond acceptors (Lipinski definition) is 38. The molecule has 23 N–H and O–H groups in total. The molecule has 0 bridgehead atoms. The average Bonchev–Trinajstić information content (AvgIpc) is 0.771. The fourth-order valence-corrected chi connectivity index (χ4v) is 12.8. The Morgan fingerprint density at radius 1 is 0.286 bits per heavy atom. The molecule has 0 saturated carbocycles. The van der Waals surface area contributed by atoms with Crippen molar-refractivity contribution in [3.63, 3.8) is 0 Å². The molecule has 0 aromatic rings. The normalized spacial score (nSPS) is 49.4. The van der Waals surface area contributed by atoms with Crippen molar-refractivity contribution in [2.24, 2.45) is 0 Å². The van der Waals surface area contributed by atoms with Crippen molar-refractivity contribution in [2.45, 2.75) is 294 Å². The summed E-state index contributed by atoms with van der Waals surface area (Å²) >= 11 is 0. The second kappa shape index (κ2) is 34.4. The van der Waals surface area contributed by atoms with E-state index >= 15 is 0 Å². The molecule has 566 valence electrons. The van der Waals surface area contributed by atoms with Crippen LogP contribution in [0.2, 0.25) is 0 Å². The molecule has 42 nitrogen and oxygen atoms in total. The minimum Gasteiger partial charge on any atom is -0.394 e. The van der Waals surface area contributed by atoms with E-state index in [1.54, 1.807) is 0 Å². The van der Waals surface area contributed by atoms with Crippen LogP contribution in [0.1, 0.15) is 48.5 Å². The Kier molecular flexibility index (Phi) is 28.2. The molecule has 8 saturated heterocycles. The summed E-state index contributed by atoms with van der Waals surface area (Å²) in [7, 11) is 0. The highest BCUT2D eigenvalue weighted by atomic mass is 16.8. The molecule has 8 aliphatic heterocycles. The number of hydrogen-bond donors (Lipinski definition) is 23. The van der Waals surface area contributed by atoms with Gasteiger partial charge in [-0.05, 0) is 20.8 Å². The topological polar surface area (TPSA) is 639 Å². The Balaban J connectivity index is 1.05. The Labute approximate surface area is 557 Å². The third kappa shape index (κ3) is 17.7. The molecule has 0 aliphatic carbocycles. The van der Waals surface area contributed by atoms with Crippen LogP contribution in [0.15, 0.2) is 0 Å². The first kappa shape index (κ1) is 80.2. The summed E-state index contributed by atoms with van der Waals surface area (Å²) in [6, 6.07) is -7.04. The maximum absolute atomic E-state index is 13.3. The number of aliphatic hydroxyl groups excluding tert-OH is 19. The van der Waals surface area contributed by atoms with E-state index in [0.29, 0.717) is 0 Å². The van der Waals surface area contributed by atoms with Gasteiger partial charge in [-0.2, -0.15) is 0 Å². The van der Waals surface area contributed by atoms with Crippen molar-refractivity contribution in [1.82, 2.24) is 21.3 Å². The van der Waals surface area contributed by atoms with Crippen molar-refractivity contribution in [2.75, 3.05) is 33.0 Å². The van der Waals surface area contributed by atoms with E-state index in [-0.39, 0.29) is 0 Å². The average molecular weight is 1430 g/mol. The highest BCUT2D eigenvalue weighted by Gasteiger charge is 2.60. The van der Waals surface area contributed by atoms with Gasteiger partial charge in [-0.15, -0.1) is 0 Å². The lowest BCUT2D eigenvalue weighted by Crippen LogP contribution is -2.72. The zero-order valence-corrected chi connectivity index (χ0v) is 53.9. The number of rotatable bonds is 23. The van der Waals surface area contributed by atoms with Crippen LogP contribution < -0.4 is 21.3 Å². The lowest BCUT2D eigenvalue weighted by molar-refractivity contribution is -0.379. The van der Waals surface area contributed by atoms with E-state index in [9.17, 15) is 116 Å². The molecule has 0 aromatic heterocycles. The summed E-state index contributed by atoms with van der Waals surface area (Å²) in [5.41, 5.74) is 0. The van der Waals surface area contributed by atoms with Crippen molar-refractivity contribution in [3.05, 3.63) is 0 Å². The van der Waals surface area contributed by atoms with Gasteiger partial charge in [0.25, 0.3) is 0 Å². The zero-order valence-electron chi connectivity index (χ0n) is 53.9. The molecule has 40 atom stereocenters. The van der Waals surface area contributed by atoms with Crippen LogP contribution in [0, 0.1) is 0 Å². The highest BCUT2D eigenvalue weighted by Crippen LogP contribution is 2.39. The maximum Gasteiger partial charge on any atom is 0.217 e. The number of aliphatic hydroxyl groups is 19. The van der Waals surface area contributed by atoms with Crippen molar-refractivity contribution >= 4 is 23.6 Å². The Bertz CT molecular complexity index is 2580. The Morgan fingerprint density at radius 2 is 0.571 bits per heavy atom. The summed E-state index contributed by atoms with van der Waals surface area (Å²) in [5, 5.41) is 219. The molecule has 8 rings (SSSR count). The second-order valence-corrected chi connectivity index (χ2v) is 25.3. The van der Waals surface area contributed by atoms with Gasteiger partial charge in [0.15, 0.2) is 50.3 Å². The molecule has 8 fully saturated rings. The fourth-order valence-electron chi connectivity index (χ4n) is 12.8. The van der Waals surface area contributed by atoms with E-state index in [4.69, 9.17) is 71.1 Å². The van der Waals surface area contributed by atoms with Gasteiger partial charge < -0.3 is 189 Å². The lowest BCUT2D eigenvalue weighted by Gasteiger charge is -2.51. The molecule has 0 aromatic carbocycles. The number of carbonyl (C=O) groups is 4. The largest absolute Gasteiger partial charge is 0.394 e. The Morgan fingerprint density at radius 3 is 0.959 bits per heavy atom. The number of carbonyl (C=O) groups excluding carboxylic acids is 4. The minimum atomic E-state index is -2.30. The fraction of sp³-hybridized carbons (Fsp3) is 0.929. The van der Waals surface area contributed by atoms with Crippen LogP contribution in [0.25, 0.3) is 0 Å². The molecule has 8 aliphatic rings.